The van der Waals surface area contributed by atoms with Gasteiger partial charge < -0.3 is 9.80 Å². The molecule has 1 saturated heterocycles. The number of amides is 1. The van der Waals surface area contributed by atoms with E-state index in [9.17, 15) is 4.79 Å². The molecule has 1 aliphatic rings. The Labute approximate surface area is 185 Å². The molecule has 5 nitrogen and oxygen atoms in total. The van der Waals surface area contributed by atoms with Crippen molar-refractivity contribution in [2.45, 2.75) is 40.8 Å². The fraction of sp³-hybridized carbons (Fsp3) is 0.385. The molecule has 4 rings (SSSR count). The third-order valence-corrected chi connectivity index (χ3v) is 6.34. The zero-order valence-corrected chi connectivity index (χ0v) is 19.1. The van der Waals surface area contributed by atoms with Crippen molar-refractivity contribution >= 4 is 5.91 Å². The molecule has 2 heterocycles. The number of quaternary nitrogens is 1. The van der Waals surface area contributed by atoms with Crippen molar-refractivity contribution in [3.8, 4) is 0 Å². The molecule has 0 atom stereocenters. The van der Waals surface area contributed by atoms with E-state index in [1.807, 2.05) is 23.4 Å². The maximum Gasteiger partial charge on any atom is 0.258 e. The van der Waals surface area contributed by atoms with E-state index in [1.54, 1.807) is 0 Å². The summed E-state index contributed by atoms with van der Waals surface area (Å²) in [5, 5.41) is 4.69. The molecule has 2 aromatic carbocycles. The van der Waals surface area contributed by atoms with Gasteiger partial charge in [0.25, 0.3) is 5.91 Å². The molecule has 0 aliphatic carbocycles. The summed E-state index contributed by atoms with van der Waals surface area (Å²) in [5.74, 6) is 0.125. The largest absolute Gasteiger partial charge is 0.328 e. The Kier molecular flexibility index (Phi) is 6.23. The number of aryl methyl sites for hydroxylation is 3. The second-order valence-corrected chi connectivity index (χ2v) is 8.90. The highest BCUT2D eigenvalue weighted by atomic mass is 16.2. The van der Waals surface area contributed by atoms with Crippen molar-refractivity contribution in [2.24, 2.45) is 0 Å². The van der Waals surface area contributed by atoms with Gasteiger partial charge in [-0.1, -0.05) is 59.7 Å². The van der Waals surface area contributed by atoms with E-state index in [0.717, 1.165) is 49.7 Å². The zero-order chi connectivity index (χ0) is 22.0. The first-order chi connectivity index (χ1) is 14.9. The maximum atomic E-state index is 13.3. The van der Waals surface area contributed by atoms with E-state index in [-0.39, 0.29) is 5.91 Å². The second-order valence-electron chi connectivity index (χ2n) is 8.90. The highest BCUT2D eigenvalue weighted by Crippen LogP contribution is 2.18. The van der Waals surface area contributed by atoms with E-state index in [2.05, 4.69) is 67.5 Å². The molecule has 31 heavy (non-hydrogen) atoms. The number of carbonyl (C=O) groups is 1. The van der Waals surface area contributed by atoms with Crippen LogP contribution in [0.1, 0.15) is 44.0 Å². The smallest absolute Gasteiger partial charge is 0.258 e. The lowest BCUT2D eigenvalue weighted by Crippen LogP contribution is -3.13. The first-order valence-corrected chi connectivity index (χ1v) is 11.2. The first kappa shape index (κ1) is 21.3. The molecule has 1 N–H and O–H groups in total. The molecule has 162 valence electrons. The summed E-state index contributed by atoms with van der Waals surface area (Å²) in [6.07, 6.45) is 0. The van der Waals surface area contributed by atoms with Crippen LogP contribution < -0.4 is 4.90 Å². The molecule has 1 amide bonds. The SMILES string of the molecule is Cc1ccc(Cn2nc(C)c(C(=O)N3CC[NH+](Cc4cccc(C)c4)CC3)c2C)cc1. The Hall–Kier alpha value is -2.92. The lowest BCUT2D eigenvalue weighted by Gasteiger charge is -2.32. The van der Waals surface area contributed by atoms with E-state index in [4.69, 9.17) is 0 Å². The number of hydrogen-bond acceptors (Lipinski definition) is 2. The monoisotopic (exact) mass is 417 g/mol. The van der Waals surface area contributed by atoms with Gasteiger partial charge in [-0.3, -0.25) is 9.48 Å². The number of nitrogens with one attached hydrogen (secondary N) is 1. The van der Waals surface area contributed by atoms with Crippen molar-refractivity contribution in [3.05, 3.63) is 87.7 Å². The van der Waals surface area contributed by atoms with Gasteiger partial charge in [0.2, 0.25) is 0 Å². The molecule has 5 heteroatoms. The van der Waals surface area contributed by atoms with E-state index >= 15 is 0 Å². The van der Waals surface area contributed by atoms with Gasteiger partial charge in [0.15, 0.2) is 0 Å². The van der Waals surface area contributed by atoms with Crippen LogP contribution >= 0.6 is 0 Å². The molecule has 0 saturated carbocycles. The standard InChI is InChI=1S/C26H32N4O/c1-19-8-10-23(11-9-19)18-30-22(4)25(21(3)27-30)26(31)29-14-12-28(13-15-29)17-24-7-5-6-20(2)16-24/h5-11,16H,12-15,17-18H2,1-4H3/p+1. The molecule has 0 spiro atoms. The van der Waals surface area contributed by atoms with Gasteiger partial charge in [-0.25, -0.2) is 0 Å². The molecular formula is C26H33N4O+. The van der Waals surface area contributed by atoms with Crippen molar-refractivity contribution in [3.63, 3.8) is 0 Å². The maximum absolute atomic E-state index is 13.3. The Bertz CT molecular complexity index is 1060. The van der Waals surface area contributed by atoms with Gasteiger partial charge in [-0.05, 0) is 33.3 Å². The molecular weight excluding hydrogens is 384 g/mol. The van der Waals surface area contributed by atoms with Gasteiger partial charge in [0.05, 0.1) is 44.0 Å². The fourth-order valence-corrected chi connectivity index (χ4v) is 4.50. The Balaban J connectivity index is 1.40. The summed E-state index contributed by atoms with van der Waals surface area (Å²) in [4.78, 5) is 16.9. The highest BCUT2D eigenvalue weighted by Gasteiger charge is 2.28. The molecule has 1 aliphatic heterocycles. The summed E-state index contributed by atoms with van der Waals surface area (Å²) in [7, 11) is 0. The number of piperazine rings is 1. The number of hydrogen-bond donors (Lipinski definition) is 1. The van der Waals surface area contributed by atoms with Crippen LogP contribution in [0, 0.1) is 27.7 Å². The predicted molar refractivity (Wildman–Crippen MR) is 123 cm³/mol. The number of nitrogens with zero attached hydrogens (tertiary/aromatic N) is 3. The lowest BCUT2D eigenvalue weighted by molar-refractivity contribution is -0.917. The first-order valence-electron chi connectivity index (χ1n) is 11.2. The number of aromatic nitrogens is 2. The van der Waals surface area contributed by atoms with E-state index in [0.29, 0.717) is 6.54 Å². The predicted octanol–water partition coefficient (Wildman–Crippen LogP) is 2.71. The van der Waals surface area contributed by atoms with Crippen LogP contribution in [-0.2, 0) is 13.1 Å². The highest BCUT2D eigenvalue weighted by molar-refractivity contribution is 5.96. The number of rotatable bonds is 5. The molecule has 0 bridgehead atoms. The van der Waals surface area contributed by atoms with Crippen molar-refractivity contribution in [2.75, 3.05) is 26.2 Å². The molecule has 1 fully saturated rings. The fourth-order valence-electron chi connectivity index (χ4n) is 4.50. The average molecular weight is 418 g/mol. The van der Waals surface area contributed by atoms with Gasteiger partial charge in [-0.2, -0.15) is 5.10 Å². The summed E-state index contributed by atoms with van der Waals surface area (Å²) in [5.41, 5.74) is 7.68. The Morgan fingerprint density at radius 3 is 2.32 bits per heavy atom. The summed E-state index contributed by atoms with van der Waals surface area (Å²) in [6, 6.07) is 17.2. The Morgan fingerprint density at radius 2 is 1.65 bits per heavy atom. The molecule has 1 aromatic heterocycles. The van der Waals surface area contributed by atoms with Crippen LogP contribution in [-0.4, -0.2) is 46.8 Å². The van der Waals surface area contributed by atoms with Crippen molar-refractivity contribution in [1.29, 1.82) is 0 Å². The minimum atomic E-state index is 0.125. The zero-order valence-electron chi connectivity index (χ0n) is 19.1. The summed E-state index contributed by atoms with van der Waals surface area (Å²) in [6.45, 7) is 13.5. The van der Waals surface area contributed by atoms with Crippen LogP contribution in [0.3, 0.4) is 0 Å². The molecule has 0 unspecified atom stereocenters. The molecule has 0 radical (unpaired) electrons. The lowest BCUT2D eigenvalue weighted by atomic mass is 10.1. The van der Waals surface area contributed by atoms with E-state index < -0.39 is 0 Å². The van der Waals surface area contributed by atoms with Crippen LogP contribution in [0.4, 0.5) is 0 Å². The average Bonchev–Trinajstić information content (AvgIpc) is 3.03. The molecule has 3 aromatic rings. The van der Waals surface area contributed by atoms with Crippen molar-refractivity contribution in [1.82, 2.24) is 14.7 Å². The van der Waals surface area contributed by atoms with Gasteiger partial charge >= 0.3 is 0 Å². The van der Waals surface area contributed by atoms with Crippen LogP contribution in [0.25, 0.3) is 0 Å². The minimum absolute atomic E-state index is 0.125. The van der Waals surface area contributed by atoms with Gasteiger partial charge in [0, 0.05) is 11.3 Å². The summed E-state index contributed by atoms with van der Waals surface area (Å²) < 4.78 is 1.96. The third-order valence-electron chi connectivity index (χ3n) is 6.34. The van der Waals surface area contributed by atoms with E-state index in [1.165, 1.54) is 27.2 Å². The summed E-state index contributed by atoms with van der Waals surface area (Å²) >= 11 is 0. The second kappa shape index (κ2) is 9.06. The van der Waals surface area contributed by atoms with Crippen LogP contribution in [0.5, 0.6) is 0 Å². The Morgan fingerprint density at radius 1 is 0.935 bits per heavy atom. The van der Waals surface area contributed by atoms with Crippen molar-refractivity contribution < 1.29 is 9.69 Å². The van der Waals surface area contributed by atoms with Gasteiger partial charge in [0.1, 0.15) is 6.54 Å². The quantitative estimate of drug-likeness (QED) is 0.694. The van der Waals surface area contributed by atoms with Crippen LogP contribution in [0.15, 0.2) is 48.5 Å². The third kappa shape index (κ3) is 4.88. The minimum Gasteiger partial charge on any atom is -0.328 e. The van der Waals surface area contributed by atoms with Gasteiger partial charge in [-0.15, -0.1) is 0 Å². The topological polar surface area (TPSA) is 42.6 Å². The number of carbonyl (C=O) groups excluding carboxylic acids is 1. The number of benzene rings is 2. The van der Waals surface area contributed by atoms with Crippen LogP contribution in [0.2, 0.25) is 0 Å². The normalized spacial score (nSPS) is 14.8.